The molecule has 2 rings (SSSR count). The Hall–Kier alpha value is -2.37. The second-order valence-electron chi connectivity index (χ2n) is 4.04. The highest BCUT2D eigenvalue weighted by Crippen LogP contribution is 2.19. The van der Waals surface area contributed by atoms with E-state index in [1.165, 1.54) is 12.1 Å². The first kappa shape index (κ1) is 13.1. The Bertz CT molecular complexity index is 594. The fourth-order valence-electron chi connectivity index (χ4n) is 1.81. The molecular formula is C13H15FN4O. The third-order valence-electron chi connectivity index (χ3n) is 2.86. The molecule has 0 fully saturated rings. The molecule has 2 aromatic rings. The van der Waals surface area contributed by atoms with Gasteiger partial charge in [-0.05, 0) is 18.2 Å². The summed E-state index contributed by atoms with van der Waals surface area (Å²) in [6, 6.07) is 6.21. The van der Waals surface area contributed by atoms with Gasteiger partial charge in [-0.1, -0.05) is 6.07 Å². The van der Waals surface area contributed by atoms with Gasteiger partial charge in [-0.3, -0.25) is 9.48 Å². The molecular weight excluding hydrogens is 247 g/mol. The van der Waals surface area contributed by atoms with Gasteiger partial charge in [-0.25, -0.2) is 4.39 Å². The van der Waals surface area contributed by atoms with Gasteiger partial charge in [0.25, 0.3) is 5.91 Å². The largest absolute Gasteiger partial charge is 0.385 e. The second kappa shape index (κ2) is 5.51. The summed E-state index contributed by atoms with van der Waals surface area (Å²) < 4.78 is 15.2. The fraction of sp³-hybridized carbons (Fsp3) is 0.231. The van der Waals surface area contributed by atoms with Crippen molar-refractivity contribution in [2.75, 3.05) is 12.4 Å². The zero-order chi connectivity index (χ0) is 13.8. The van der Waals surface area contributed by atoms with Crippen LogP contribution in [0, 0.1) is 5.82 Å². The monoisotopic (exact) mass is 262 g/mol. The predicted octanol–water partition coefficient (Wildman–Crippen LogP) is 1.53. The minimum atomic E-state index is -0.448. The lowest BCUT2D eigenvalue weighted by molar-refractivity contribution is 0.0950. The first-order valence-electron chi connectivity index (χ1n) is 5.85. The normalized spacial score (nSPS) is 10.3. The van der Waals surface area contributed by atoms with Gasteiger partial charge in [-0.15, -0.1) is 0 Å². The Morgan fingerprint density at radius 2 is 2.21 bits per heavy atom. The third-order valence-corrected chi connectivity index (χ3v) is 2.86. The maximum atomic E-state index is 13.5. The van der Waals surface area contributed by atoms with Gasteiger partial charge in [0.2, 0.25) is 0 Å². The van der Waals surface area contributed by atoms with E-state index in [0.717, 1.165) is 5.69 Å². The quantitative estimate of drug-likeness (QED) is 0.878. The molecule has 0 saturated heterocycles. The molecule has 0 aliphatic rings. The van der Waals surface area contributed by atoms with Gasteiger partial charge in [-0.2, -0.15) is 5.10 Å². The van der Waals surface area contributed by atoms with Gasteiger partial charge in [0.1, 0.15) is 5.82 Å². The molecule has 0 bridgehead atoms. The fourth-order valence-corrected chi connectivity index (χ4v) is 1.81. The van der Waals surface area contributed by atoms with Gasteiger partial charge in [0.05, 0.1) is 23.5 Å². The van der Waals surface area contributed by atoms with Crippen LogP contribution in [-0.2, 0) is 13.6 Å². The van der Waals surface area contributed by atoms with Crippen molar-refractivity contribution in [2.45, 2.75) is 6.54 Å². The standard InChI is InChI=1S/C13H15FN4O/c1-15-12-10(4-3-5-11(12)14)13(19)16-8-9-6-7-17-18(9)2/h3-7,15H,8H2,1-2H3,(H,16,19). The van der Waals surface area contributed by atoms with Crippen LogP contribution >= 0.6 is 0 Å². The first-order valence-corrected chi connectivity index (χ1v) is 5.85. The predicted molar refractivity (Wildman–Crippen MR) is 70.3 cm³/mol. The number of rotatable bonds is 4. The topological polar surface area (TPSA) is 59.0 Å². The number of benzene rings is 1. The molecule has 1 aromatic carbocycles. The zero-order valence-corrected chi connectivity index (χ0v) is 10.8. The number of amides is 1. The van der Waals surface area contributed by atoms with Crippen molar-refractivity contribution in [2.24, 2.45) is 7.05 Å². The van der Waals surface area contributed by atoms with Crippen LogP contribution in [0.1, 0.15) is 16.1 Å². The Labute approximate surface area is 110 Å². The first-order chi connectivity index (χ1) is 9.13. The van der Waals surface area contributed by atoms with E-state index < -0.39 is 5.82 Å². The number of carbonyl (C=O) groups is 1. The van der Waals surface area contributed by atoms with Crippen LogP contribution in [0.3, 0.4) is 0 Å². The number of carbonyl (C=O) groups excluding carboxylic acids is 1. The van der Waals surface area contributed by atoms with Crippen molar-refractivity contribution in [3.05, 3.63) is 47.5 Å². The third kappa shape index (κ3) is 2.73. The van der Waals surface area contributed by atoms with Crippen LogP contribution < -0.4 is 10.6 Å². The summed E-state index contributed by atoms with van der Waals surface area (Å²) in [5, 5.41) is 9.44. The minimum absolute atomic E-state index is 0.199. The van der Waals surface area contributed by atoms with Crippen LogP contribution in [0.25, 0.3) is 0 Å². The van der Waals surface area contributed by atoms with Crippen molar-refractivity contribution in [1.82, 2.24) is 15.1 Å². The summed E-state index contributed by atoms with van der Waals surface area (Å²) in [4.78, 5) is 12.0. The van der Waals surface area contributed by atoms with E-state index in [0.29, 0.717) is 6.54 Å². The number of para-hydroxylation sites is 1. The molecule has 0 unspecified atom stereocenters. The Kier molecular flexibility index (Phi) is 3.79. The lowest BCUT2D eigenvalue weighted by Gasteiger charge is -2.10. The molecule has 0 atom stereocenters. The molecule has 0 aliphatic carbocycles. The highest BCUT2D eigenvalue weighted by atomic mass is 19.1. The molecule has 100 valence electrons. The summed E-state index contributed by atoms with van der Waals surface area (Å²) in [6.45, 7) is 0.342. The summed E-state index contributed by atoms with van der Waals surface area (Å²) in [5.41, 5.74) is 1.35. The van der Waals surface area contributed by atoms with E-state index in [9.17, 15) is 9.18 Å². The summed E-state index contributed by atoms with van der Waals surface area (Å²) in [5.74, 6) is -0.777. The number of nitrogens with one attached hydrogen (secondary N) is 2. The molecule has 0 aliphatic heterocycles. The van der Waals surface area contributed by atoms with Crippen LogP contribution in [0.4, 0.5) is 10.1 Å². The van der Waals surface area contributed by atoms with Crippen molar-refractivity contribution >= 4 is 11.6 Å². The van der Waals surface area contributed by atoms with Crippen LogP contribution in [0.5, 0.6) is 0 Å². The molecule has 19 heavy (non-hydrogen) atoms. The van der Waals surface area contributed by atoms with E-state index >= 15 is 0 Å². The van der Waals surface area contributed by atoms with Crippen molar-refractivity contribution in [1.29, 1.82) is 0 Å². The van der Waals surface area contributed by atoms with Gasteiger partial charge in [0, 0.05) is 20.3 Å². The number of hydrogen-bond donors (Lipinski definition) is 2. The van der Waals surface area contributed by atoms with Crippen molar-refractivity contribution in [3.63, 3.8) is 0 Å². The molecule has 5 nitrogen and oxygen atoms in total. The maximum absolute atomic E-state index is 13.5. The Morgan fingerprint density at radius 3 is 2.84 bits per heavy atom. The summed E-state index contributed by atoms with van der Waals surface area (Å²) >= 11 is 0. The molecule has 1 heterocycles. The van der Waals surface area contributed by atoms with E-state index in [4.69, 9.17) is 0 Å². The molecule has 1 amide bonds. The van der Waals surface area contributed by atoms with E-state index in [1.54, 1.807) is 31.0 Å². The lowest BCUT2D eigenvalue weighted by atomic mass is 10.1. The van der Waals surface area contributed by atoms with E-state index in [1.807, 2.05) is 6.07 Å². The van der Waals surface area contributed by atoms with Gasteiger partial charge in [0.15, 0.2) is 0 Å². The lowest BCUT2D eigenvalue weighted by Crippen LogP contribution is -2.25. The molecule has 2 N–H and O–H groups in total. The van der Waals surface area contributed by atoms with Gasteiger partial charge < -0.3 is 10.6 Å². The number of nitrogens with zero attached hydrogens (tertiary/aromatic N) is 2. The van der Waals surface area contributed by atoms with Crippen LogP contribution in [0.15, 0.2) is 30.5 Å². The number of hydrogen-bond acceptors (Lipinski definition) is 3. The molecule has 6 heteroatoms. The van der Waals surface area contributed by atoms with Crippen LogP contribution in [0.2, 0.25) is 0 Å². The SMILES string of the molecule is CNc1c(F)cccc1C(=O)NCc1ccnn1C. The molecule has 0 spiro atoms. The smallest absolute Gasteiger partial charge is 0.253 e. The maximum Gasteiger partial charge on any atom is 0.253 e. The Morgan fingerprint density at radius 1 is 1.42 bits per heavy atom. The zero-order valence-electron chi connectivity index (χ0n) is 10.8. The number of halogens is 1. The highest BCUT2D eigenvalue weighted by Gasteiger charge is 2.14. The average Bonchev–Trinajstić information content (AvgIpc) is 2.81. The van der Waals surface area contributed by atoms with E-state index in [-0.39, 0.29) is 17.2 Å². The van der Waals surface area contributed by atoms with Crippen molar-refractivity contribution in [3.8, 4) is 0 Å². The molecule has 1 aromatic heterocycles. The number of aromatic nitrogens is 2. The van der Waals surface area contributed by atoms with Crippen molar-refractivity contribution < 1.29 is 9.18 Å². The van der Waals surface area contributed by atoms with Crippen LogP contribution in [-0.4, -0.2) is 22.7 Å². The highest BCUT2D eigenvalue weighted by molar-refractivity contribution is 5.99. The average molecular weight is 262 g/mol. The van der Waals surface area contributed by atoms with Gasteiger partial charge >= 0.3 is 0 Å². The molecule has 0 saturated carbocycles. The number of aryl methyl sites for hydroxylation is 1. The Balaban J connectivity index is 2.12. The minimum Gasteiger partial charge on any atom is -0.385 e. The second-order valence-corrected chi connectivity index (χ2v) is 4.04. The summed E-state index contributed by atoms with van der Waals surface area (Å²) in [7, 11) is 3.37. The van der Waals surface area contributed by atoms with E-state index in [2.05, 4.69) is 15.7 Å². The molecule has 0 radical (unpaired) electrons. The summed E-state index contributed by atoms with van der Waals surface area (Å²) in [6.07, 6.45) is 1.66. The number of anilines is 1.